The minimum atomic E-state index is -3.58. The Morgan fingerprint density at radius 2 is 1.84 bits per heavy atom. The highest BCUT2D eigenvalue weighted by molar-refractivity contribution is 7.89. The van der Waals surface area contributed by atoms with Gasteiger partial charge in [0.1, 0.15) is 0 Å². The van der Waals surface area contributed by atoms with Crippen LogP contribution in [0.25, 0.3) is 10.8 Å². The third-order valence-corrected chi connectivity index (χ3v) is 6.54. The van der Waals surface area contributed by atoms with Gasteiger partial charge in [-0.15, -0.1) is 0 Å². The van der Waals surface area contributed by atoms with Crippen LogP contribution in [0.15, 0.2) is 64.2 Å². The molecular formula is C19H21NO3S2. The third-order valence-electron chi connectivity index (χ3n) is 4.32. The quantitative estimate of drug-likeness (QED) is 0.630. The fourth-order valence-electron chi connectivity index (χ4n) is 3.02. The van der Waals surface area contributed by atoms with Gasteiger partial charge in [-0.3, -0.25) is 0 Å². The number of sulfonamides is 1. The molecule has 0 saturated carbocycles. The average Bonchev–Trinajstić information content (AvgIpc) is 3.15. The van der Waals surface area contributed by atoms with Crippen molar-refractivity contribution in [2.45, 2.75) is 23.7 Å². The van der Waals surface area contributed by atoms with Gasteiger partial charge in [-0.2, -0.15) is 11.3 Å². The van der Waals surface area contributed by atoms with Crippen molar-refractivity contribution in [2.24, 2.45) is 0 Å². The summed E-state index contributed by atoms with van der Waals surface area (Å²) in [7, 11) is -3.58. The van der Waals surface area contributed by atoms with E-state index in [-0.39, 0.29) is 12.5 Å². The smallest absolute Gasteiger partial charge is 0.241 e. The van der Waals surface area contributed by atoms with Crippen LogP contribution in [0, 0.1) is 0 Å². The number of aliphatic hydroxyl groups is 1. The Bertz CT molecular complexity index is 916. The zero-order chi connectivity index (χ0) is 17.7. The van der Waals surface area contributed by atoms with Crippen molar-refractivity contribution in [3.05, 3.63) is 64.9 Å². The van der Waals surface area contributed by atoms with Crippen molar-refractivity contribution in [1.82, 2.24) is 4.72 Å². The van der Waals surface area contributed by atoms with Crippen molar-refractivity contribution in [3.8, 4) is 0 Å². The first-order valence-corrected chi connectivity index (χ1v) is 10.6. The molecule has 0 saturated heterocycles. The molecule has 132 valence electrons. The number of thiophene rings is 1. The van der Waals surface area contributed by atoms with Crippen LogP contribution in [-0.4, -0.2) is 26.7 Å². The summed E-state index contributed by atoms with van der Waals surface area (Å²) in [5.41, 5.74) is 1.16. The van der Waals surface area contributed by atoms with Crippen LogP contribution in [0.3, 0.4) is 0 Å². The van der Waals surface area contributed by atoms with Gasteiger partial charge >= 0.3 is 0 Å². The molecule has 0 amide bonds. The summed E-state index contributed by atoms with van der Waals surface area (Å²) >= 11 is 1.61. The Hall–Kier alpha value is -1.73. The van der Waals surface area contributed by atoms with Gasteiger partial charge < -0.3 is 5.11 Å². The van der Waals surface area contributed by atoms with Gasteiger partial charge in [0.25, 0.3) is 0 Å². The van der Waals surface area contributed by atoms with Gasteiger partial charge in [-0.1, -0.05) is 36.4 Å². The molecule has 3 aromatic rings. The third kappa shape index (κ3) is 4.27. The number of fused-ring (bicyclic) bond motifs is 1. The molecular weight excluding hydrogens is 354 g/mol. The van der Waals surface area contributed by atoms with Crippen molar-refractivity contribution in [1.29, 1.82) is 0 Å². The molecule has 2 N–H and O–H groups in total. The van der Waals surface area contributed by atoms with E-state index in [0.29, 0.717) is 24.3 Å². The van der Waals surface area contributed by atoms with E-state index in [0.717, 1.165) is 16.3 Å². The standard InChI is InChI=1S/C19H21NO3S2/c21-12-9-15(17-10-13-24-14-17)8-11-20-25(22,23)19-7-3-5-16-4-1-2-6-18(16)19/h1-7,10,13-15,20-21H,8-9,11-12H2. The van der Waals surface area contributed by atoms with Crippen LogP contribution in [-0.2, 0) is 10.0 Å². The number of hydrogen-bond acceptors (Lipinski definition) is 4. The van der Waals surface area contributed by atoms with Crippen LogP contribution >= 0.6 is 11.3 Å². The monoisotopic (exact) mass is 375 g/mol. The van der Waals surface area contributed by atoms with E-state index in [9.17, 15) is 13.5 Å². The maximum Gasteiger partial charge on any atom is 0.241 e. The predicted octanol–water partition coefficient (Wildman–Crippen LogP) is 3.74. The molecule has 1 heterocycles. The highest BCUT2D eigenvalue weighted by Crippen LogP contribution is 2.26. The van der Waals surface area contributed by atoms with E-state index in [1.807, 2.05) is 41.8 Å². The molecule has 1 aromatic heterocycles. The topological polar surface area (TPSA) is 66.4 Å². The number of benzene rings is 2. The summed E-state index contributed by atoms with van der Waals surface area (Å²) in [6, 6.07) is 14.8. The molecule has 0 aliphatic carbocycles. The largest absolute Gasteiger partial charge is 0.396 e. The van der Waals surface area contributed by atoms with Gasteiger partial charge in [0.15, 0.2) is 0 Å². The SMILES string of the molecule is O=S(=O)(NCCC(CCO)c1ccsc1)c1cccc2ccccc12. The average molecular weight is 376 g/mol. The normalized spacial score (nSPS) is 13.2. The zero-order valence-corrected chi connectivity index (χ0v) is 15.4. The lowest BCUT2D eigenvalue weighted by molar-refractivity contribution is 0.273. The highest BCUT2D eigenvalue weighted by atomic mass is 32.2. The van der Waals surface area contributed by atoms with Gasteiger partial charge in [0.2, 0.25) is 10.0 Å². The Morgan fingerprint density at radius 3 is 2.60 bits per heavy atom. The van der Waals surface area contributed by atoms with E-state index in [2.05, 4.69) is 10.1 Å². The lowest BCUT2D eigenvalue weighted by atomic mass is 9.95. The molecule has 25 heavy (non-hydrogen) atoms. The predicted molar refractivity (Wildman–Crippen MR) is 103 cm³/mol. The number of hydrogen-bond donors (Lipinski definition) is 2. The molecule has 0 spiro atoms. The number of aliphatic hydroxyl groups excluding tert-OH is 1. The Labute approximate surface area is 152 Å². The molecule has 0 aliphatic heterocycles. The summed E-state index contributed by atoms with van der Waals surface area (Å²) < 4.78 is 28.1. The van der Waals surface area contributed by atoms with Crippen LogP contribution in [0.1, 0.15) is 24.3 Å². The van der Waals surface area contributed by atoms with Gasteiger partial charge in [0, 0.05) is 18.5 Å². The molecule has 4 nitrogen and oxygen atoms in total. The molecule has 0 bridgehead atoms. The molecule has 0 aliphatic rings. The van der Waals surface area contributed by atoms with E-state index >= 15 is 0 Å². The highest BCUT2D eigenvalue weighted by Gasteiger charge is 2.18. The lowest BCUT2D eigenvalue weighted by Gasteiger charge is -2.15. The first-order chi connectivity index (χ1) is 12.1. The Balaban J connectivity index is 1.73. The van der Waals surface area contributed by atoms with E-state index in [4.69, 9.17) is 0 Å². The van der Waals surface area contributed by atoms with E-state index in [1.54, 1.807) is 23.5 Å². The summed E-state index contributed by atoms with van der Waals surface area (Å²) in [5, 5.41) is 14.9. The second-order valence-electron chi connectivity index (χ2n) is 5.93. The maximum absolute atomic E-state index is 12.7. The van der Waals surface area contributed by atoms with Crippen LogP contribution < -0.4 is 4.72 Å². The van der Waals surface area contributed by atoms with Gasteiger partial charge in [0.05, 0.1) is 4.90 Å². The van der Waals surface area contributed by atoms with Crippen molar-refractivity contribution in [2.75, 3.05) is 13.2 Å². The second kappa shape index (κ2) is 8.10. The fourth-order valence-corrected chi connectivity index (χ4v) is 5.03. The molecule has 0 radical (unpaired) electrons. The first-order valence-electron chi connectivity index (χ1n) is 8.22. The summed E-state index contributed by atoms with van der Waals surface area (Å²) in [6.07, 6.45) is 1.29. The summed E-state index contributed by atoms with van der Waals surface area (Å²) in [6.45, 7) is 0.433. The van der Waals surface area contributed by atoms with Gasteiger partial charge in [-0.05, 0) is 52.6 Å². The lowest BCUT2D eigenvalue weighted by Crippen LogP contribution is -2.26. The Kier molecular flexibility index (Phi) is 5.86. The second-order valence-corrected chi connectivity index (χ2v) is 8.45. The molecule has 3 rings (SSSR count). The minimum absolute atomic E-state index is 0.0938. The van der Waals surface area contributed by atoms with Crippen molar-refractivity contribution in [3.63, 3.8) is 0 Å². The molecule has 0 fully saturated rings. The first kappa shape index (κ1) is 18.1. The van der Waals surface area contributed by atoms with E-state index in [1.165, 1.54) is 0 Å². The van der Waals surface area contributed by atoms with Gasteiger partial charge in [-0.25, -0.2) is 13.1 Å². The summed E-state index contributed by atoms with van der Waals surface area (Å²) in [4.78, 5) is 0.305. The fraction of sp³-hybridized carbons (Fsp3) is 0.263. The molecule has 2 aromatic carbocycles. The van der Waals surface area contributed by atoms with Crippen LogP contribution in [0.5, 0.6) is 0 Å². The van der Waals surface area contributed by atoms with Crippen molar-refractivity contribution < 1.29 is 13.5 Å². The van der Waals surface area contributed by atoms with Crippen LogP contribution in [0.2, 0.25) is 0 Å². The molecule has 6 heteroatoms. The number of rotatable bonds is 8. The van der Waals surface area contributed by atoms with E-state index < -0.39 is 10.0 Å². The maximum atomic E-state index is 12.7. The summed E-state index contributed by atoms with van der Waals surface area (Å²) in [5.74, 6) is 0.159. The van der Waals surface area contributed by atoms with Crippen molar-refractivity contribution >= 4 is 32.1 Å². The molecule has 1 unspecified atom stereocenters. The Morgan fingerprint density at radius 1 is 1.04 bits per heavy atom. The minimum Gasteiger partial charge on any atom is -0.396 e. The molecule has 1 atom stereocenters. The number of nitrogens with one attached hydrogen (secondary N) is 1. The van der Waals surface area contributed by atoms with Crippen LogP contribution in [0.4, 0.5) is 0 Å². The zero-order valence-electron chi connectivity index (χ0n) is 13.8.